The molecule has 0 bridgehead atoms. The van der Waals surface area contributed by atoms with Crippen molar-refractivity contribution in [1.29, 1.82) is 0 Å². The molecule has 0 N–H and O–H groups in total. The second-order valence-corrected chi connectivity index (χ2v) is 5.10. The molecule has 0 radical (unpaired) electrons. The van der Waals surface area contributed by atoms with E-state index in [2.05, 4.69) is 0 Å². The summed E-state index contributed by atoms with van der Waals surface area (Å²) in [6, 6.07) is -29.7. The molecule has 0 aliphatic carbocycles. The monoisotopic (exact) mass is 461 g/mol. The molecule has 0 amide bonds. The molecule has 1 heterocycles. The summed E-state index contributed by atoms with van der Waals surface area (Å²) in [5.74, 6) is -40.7. The second-order valence-electron chi connectivity index (χ2n) is 5.10. The summed E-state index contributed by atoms with van der Waals surface area (Å²) >= 11 is 0. The van der Waals surface area contributed by atoms with Gasteiger partial charge in [-0.25, -0.2) is 0 Å². The maximum absolute atomic E-state index is 13.4. The first kappa shape index (κ1) is 24.5. The fourth-order valence-corrected chi connectivity index (χ4v) is 1.84. The topological polar surface area (TPSA) is 20.3 Å². The van der Waals surface area contributed by atoms with E-state index >= 15 is 0 Å². The molecule has 166 valence electrons. The van der Waals surface area contributed by atoms with Crippen LogP contribution in [0.4, 0.5) is 74.6 Å². The van der Waals surface area contributed by atoms with Crippen molar-refractivity contribution in [3.63, 3.8) is 0 Å². The van der Waals surface area contributed by atoms with E-state index in [9.17, 15) is 79.4 Å². The van der Waals surface area contributed by atoms with Crippen molar-refractivity contribution in [2.45, 2.75) is 47.8 Å². The minimum Gasteiger partial charge on any atom is -0.254 e. The molecule has 1 saturated heterocycles. The smallest absolute Gasteiger partial charge is 0.254 e. The highest BCUT2D eigenvalue weighted by molar-refractivity contribution is 5.77. The van der Waals surface area contributed by atoms with Crippen LogP contribution in [-0.2, 0) is 4.79 Å². The number of halogens is 17. The highest BCUT2D eigenvalue weighted by Crippen LogP contribution is 2.68. The predicted molar refractivity (Wildman–Crippen MR) is 47.5 cm³/mol. The van der Waals surface area contributed by atoms with Gasteiger partial charge in [-0.2, -0.15) is 74.6 Å². The Labute approximate surface area is 139 Å². The first-order valence-electron chi connectivity index (χ1n) is 5.84. The molecule has 0 aromatic heterocycles. The average molecular weight is 461 g/mol. The summed E-state index contributed by atoms with van der Waals surface area (Å²) in [5.41, 5.74) is 0. The Kier molecular flexibility index (Phi) is 4.83. The summed E-state index contributed by atoms with van der Waals surface area (Å²) in [6.45, 7) is 0. The Bertz CT molecular complexity index is 628. The molecular weight excluding hydrogens is 461 g/mol. The quantitative estimate of drug-likeness (QED) is 0.344. The van der Waals surface area contributed by atoms with E-state index in [1.165, 1.54) is 0 Å². The van der Waals surface area contributed by atoms with Gasteiger partial charge in [0.15, 0.2) is 0 Å². The van der Waals surface area contributed by atoms with Gasteiger partial charge in [-0.1, -0.05) is 0 Å². The standard InChI is InChI=1S/C9F17NO/c10-1(28)2(11,12)7(21,22)27-8(23,24)5(17,18)3(13,14)4(15,16)6(19,20)9(27,25)26. The number of hydrogen-bond donors (Lipinski definition) is 0. The second kappa shape index (κ2) is 5.53. The molecular formula is C9F17NO. The van der Waals surface area contributed by atoms with Gasteiger partial charge in [0.05, 0.1) is 0 Å². The third-order valence-corrected chi connectivity index (χ3v) is 3.41. The summed E-state index contributed by atoms with van der Waals surface area (Å²) < 4.78 is 222. The zero-order chi connectivity index (χ0) is 23.2. The minimum absolute atomic E-state index is 4.72. The van der Waals surface area contributed by atoms with Gasteiger partial charge in [-0.3, -0.25) is 4.79 Å². The lowest BCUT2D eigenvalue weighted by molar-refractivity contribution is -0.463. The lowest BCUT2D eigenvalue weighted by Crippen LogP contribution is -2.74. The van der Waals surface area contributed by atoms with Crippen LogP contribution in [0.5, 0.6) is 0 Å². The SMILES string of the molecule is O=C(F)C(F)(F)C(F)(F)N1C(F)(F)C(F)(F)C(F)(F)C(F)(F)C(F)(F)C1(F)F. The zero-order valence-corrected chi connectivity index (χ0v) is 11.8. The molecule has 1 fully saturated rings. The van der Waals surface area contributed by atoms with E-state index in [0.29, 0.717) is 0 Å². The number of carbonyl (C=O) groups excluding carboxylic acids is 1. The Hall–Kier alpha value is -1.56. The summed E-state index contributed by atoms with van der Waals surface area (Å²) in [4.78, 5) is 5.03. The van der Waals surface area contributed by atoms with Gasteiger partial charge in [0, 0.05) is 0 Å². The van der Waals surface area contributed by atoms with Gasteiger partial charge in [0.25, 0.3) is 0 Å². The zero-order valence-electron chi connectivity index (χ0n) is 11.8. The minimum atomic E-state index is -8.33. The Morgan fingerprint density at radius 2 is 0.821 bits per heavy atom. The number of alkyl halides is 16. The Morgan fingerprint density at radius 3 is 1.04 bits per heavy atom. The largest absolute Gasteiger partial charge is 0.412 e. The van der Waals surface area contributed by atoms with E-state index < -0.39 is 58.7 Å². The van der Waals surface area contributed by atoms with Gasteiger partial charge < -0.3 is 0 Å². The van der Waals surface area contributed by atoms with E-state index in [1.54, 1.807) is 0 Å². The maximum Gasteiger partial charge on any atom is 0.412 e. The molecule has 1 rings (SSSR count). The van der Waals surface area contributed by atoms with Crippen molar-refractivity contribution in [2.24, 2.45) is 0 Å². The number of rotatable bonds is 3. The van der Waals surface area contributed by atoms with Crippen LogP contribution >= 0.6 is 0 Å². The summed E-state index contributed by atoms with van der Waals surface area (Å²) in [5, 5.41) is 0. The first-order valence-corrected chi connectivity index (χ1v) is 5.84. The van der Waals surface area contributed by atoms with Gasteiger partial charge in [-0.15, -0.1) is 4.90 Å². The molecule has 2 nitrogen and oxygen atoms in total. The molecule has 0 unspecified atom stereocenters. The van der Waals surface area contributed by atoms with Crippen LogP contribution < -0.4 is 0 Å². The third-order valence-electron chi connectivity index (χ3n) is 3.41. The van der Waals surface area contributed by atoms with Gasteiger partial charge >= 0.3 is 53.8 Å². The molecule has 0 atom stereocenters. The van der Waals surface area contributed by atoms with Gasteiger partial charge in [0.1, 0.15) is 0 Å². The molecule has 0 aromatic rings. The predicted octanol–water partition coefficient (Wildman–Crippen LogP) is 4.75. The van der Waals surface area contributed by atoms with Crippen LogP contribution in [0.15, 0.2) is 0 Å². The van der Waals surface area contributed by atoms with Crippen LogP contribution in [0.1, 0.15) is 0 Å². The lowest BCUT2D eigenvalue weighted by Gasteiger charge is -2.43. The van der Waals surface area contributed by atoms with Crippen molar-refractivity contribution in [2.75, 3.05) is 0 Å². The Balaban J connectivity index is 4.15. The molecule has 28 heavy (non-hydrogen) atoms. The van der Waals surface area contributed by atoms with E-state index in [4.69, 9.17) is 0 Å². The molecule has 0 spiro atoms. The van der Waals surface area contributed by atoms with Crippen molar-refractivity contribution < 1.29 is 79.4 Å². The first-order chi connectivity index (χ1) is 11.8. The average Bonchev–Trinajstić information content (AvgIpc) is 2.44. The van der Waals surface area contributed by atoms with Crippen molar-refractivity contribution in [1.82, 2.24) is 4.90 Å². The van der Waals surface area contributed by atoms with Crippen LogP contribution in [0.3, 0.4) is 0 Å². The van der Waals surface area contributed by atoms with Crippen molar-refractivity contribution in [3.8, 4) is 0 Å². The van der Waals surface area contributed by atoms with Crippen molar-refractivity contribution >= 4 is 6.04 Å². The number of hydrogen-bond acceptors (Lipinski definition) is 2. The molecule has 0 saturated carbocycles. The van der Waals surface area contributed by atoms with E-state index in [-0.39, 0.29) is 0 Å². The third kappa shape index (κ3) is 2.30. The van der Waals surface area contributed by atoms with E-state index in [1.807, 2.05) is 0 Å². The van der Waals surface area contributed by atoms with Crippen LogP contribution in [-0.4, -0.2) is 58.7 Å². The van der Waals surface area contributed by atoms with Gasteiger partial charge in [-0.05, 0) is 0 Å². The molecule has 1 aliphatic rings. The van der Waals surface area contributed by atoms with E-state index in [0.717, 1.165) is 0 Å². The van der Waals surface area contributed by atoms with Crippen molar-refractivity contribution in [3.05, 3.63) is 0 Å². The van der Waals surface area contributed by atoms with Crippen LogP contribution in [0.25, 0.3) is 0 Å². The summed E-state index contributed by atoms with van der Waals surface area (Å²) in [6.07, 6.45) is 0. The fraction of sp³-hybridized carbons (Fsp3) is 0.889. The maximum atomic E-state index is 13.4. The molecule has 1 aliphatic heterocycles. The van der Waals surface area contributed by atoms with Crippen LogP contribution in [0, 0.1) is 0 Å². The summed E-state index contributed by atoms with van der Waals surface area (Å²) in [7, 11) is 0. The molecule has 0 aromatic carbocycles. The lowest BCUT2D eigenvalue weighted by atomic mass is 9.99. The Morgan fingerprint density at radius 1 is 0.571 bits per heavy atom. The normalized spacial score (nSPS) is 28.5. The molecule has 19 heteroatoms. The highest BCUT2D eigenvalue weighted by Gasteiger charge is 2.99. The fourth-order valence-electron chi connectivity index (χ4n) is 1.84. The van der Waals surface area contributed by atoms with Gasteiger partial charge in [0.2, 0.25) is 0 Å². The van der Waals surface area contributed by atoms with Crippen LogP contribution in [0.2, 0.25) is 0 Å². The number of likely N-dealkylation sites (tertiary alicyclic amines) is 1. The number of carbonyl (C=O) groups is 1. The highest BCUT2D eigenvalue weighted by atomic mass is 19.4. The number of nitrogens with zero attached hydrogens (tertiary/aromatic N) is 1.